The van der Waals surface area contributed by atoms with Crippen LogP contribution in [-0.4, -0.2) is 20.8 Å². The van der Waals surface area contributed by atoms with Gasteiger partial charge in [0.2, 0.25) is 0 Å². The van der Waals surface area contributed by atoms with Crippen LogP contribution >= 0.6 is 11.6 Å². The van der Waals surface area contributed by atoms with E-state index in [-0.39, 0.29) is 16.9 Å². The van der Waals surface area contributed by atoms with Gasteiger partial charge in [0.05, 0.1) is 27.7 Å². The number of alkyl halides is 3. The summed E-state index contributed by atoms with van der Waals surface area (Å²) in [6.07, 6.45) is -1.92. The number of aromatic nitrogens is 3. The van der Waals surface area contributed by atoms with E-state index in [1.54, 1.807) is 18.2 Å². The molecule has 11 heteroatoms. The van der Waals surface area contributed by atoms with Crippen LogP contribution in [0.3, 0.4) is 0 Å². The van der Waals surface area contributed by atoms with Crippen molar-refractivity contribution in [1.29, 1.82) is 0 Å². The zero-order chi connectivity index (χ0) is 22.2. The number of carbonyl (C=O) groups is 1. The van der Waals surface area contributed by atoms with E-state index in [1.165, 1.54) is 35.3 Å². The van der Waals surface area contributed by atoms with Crippen molar-refractivity contribution < 1.29 is 22.4 Å². The van der Waals surface area contributed by atoms with E-state index in [2.05, 4.69) is 20.7 Å². The molecule has 2 N–H and O–H groups in total. The lowest BCUT2D eigenvalue weighted by Gasteiger charge is -2.13. The monoisotopic (exact) mass is 449 g/mol. The Balaban J connectivity index is 1.61. The van der Waals surface area contributed by atoms with Crippen LogP contribution in [0.15, 0.2) is 60.9 Å². The predicted molar refractivity (Wildman–Crippen MR) is 108 cm³/mol. The number of hydrogen-bond acceptors (Lipinski definition) is 3. The van der Waals surface area contributed by atoms with Gasteiger partial charge in [-0.3, -0.25) is 5.32 Å². The number of pyridine rings is 1. The fraction of sp³-hybridized carbons (Fsp3) is 0.0500. The zero-order valence-corrected chi connectivity index (χ0v) is 16.2. The largest absolute Gasteiger partial charge is 0.417 e. The van der Waals surface area contributed by atoms with E-state index in [0.29, 0.717) is 11.2 Å². The molecule has 0 fully saturated rings. The van der Waals surface area contributed by atoms with E-state index in [0.717, 1.165) is 12.1 Å². The third-order valence-corrected chi connectivity index (χ3v) is 4.67. The molecule has 2 aromatic heterocycles. The van der Waals surface area contributed by atoms with Crippen LogP contribution in [-0.2, 0) is 6.18 Å². The summed E-state index contributed by atoms with van der Waals surface area (Å²) in [4.78, 5) is 16.5. The Bertz CT molecular complexity index is 1290. The molecule has 4 rings (SSSR count). The van der Waals surface area contributed by atoms with Gasteiger partial charge in [0.1, 0.15) is 11.5 Å². The van der Waals surface area contributed by atoms with Crippen molar-refractivity contribution in [2.45, 2.75) is 6.18 Å². The van der Waals surface area contributed by atoms with Gasteiger partial charge >= 0.3 is 12.2 Å². The van der Waals surface area contributed by atoms with Crippen LogP contribution in [0.1, 0.15) is 5.56 Å². The normalized spacial score (nSPS) is 11.5. The number of nitrogens with one attached hydrogen (secondary N) is 2. The first-order valence-electron chi connectivity index (χ1n) is 8.76. The van der Waals surface area contributed by atoms with Crippen LogP contribution in [0.25, 0.3) is 16.6 Å². The van der Waals surface area contributed by atoms with Crippen LogP contribution < -0.4 is 10.6 Å². The van der Waals surface area contributed by atoms with Gasteiger partial charge in [-0.2, -0.15) is 18.3 Å². The van der Waals surface area contributed by atoms with E-state index < -0.39 is 28.6 Å². The average molecular weight is 450 g/mol. The molecule has 4 aromatic rings. The molecule has 0 aliphatic rings. The molecule has 0 saturated carbocycles. The fourth-order valence-electron chi connectivity index (χ4n) is 2.96. The van der Waals surface area contributed by atoms with Gasteiger partial charge in [0.25, 0.3) is 0 Å². The second-order valence-corrected chi connectivity index (χ2v) is 6.78. The van der Waals surface area contributed by atoms with Gasteiger partial charge in [0.15, 0.2) is 5.82 Å². The van der Waals surface area contributed by atoms with E-state index in [4.69, 9.17) is 11.6 Å². The second-order valence-electron chi connectivity index (χ2n) is 6.37. The minimum absolute atomic E-state index is 0.0688. The number of nitrogens with zero attached hydrogens (tertiary/aromatic N) is 3. The van der Waals surface area contributed by atoms with E-state index in [9.17, 15) is 22.4 Å². The predicted octanol–water partition coefficient (Wildman–Crippen LogP) is 5.88. The molecule has 158 valence electrons. The van der Waals surface area contributed by atoms with Crippen LogP contribution in [0.2, 0.25) is 5.02 Å². The molecule has 0 saturated heterocycles. The van der Waals surface area contributed by atoms with Crippen molar-refractivity contribution in [3.8, 4) is 5.69 Å². The lowest BCUT2D eigenvalue weighted by molar-refractivity contribution is -0.137. The third kappa shape index (κ3) is 4.15. The topological polar surface area (TPSA) is 71.8 Å². The van der Waals surface area contributed by atoms with E-state index >= 15 is 0 Å². The lowest BCUT2D eigenvalue weighted by atomic mass is 10.2. The van der Waals surface area contributed by atoms with Gasteiger partial charge in [-0.1, -0.05) is 17.7 Å². The van der Waals surface area contributed by atoms with Crippen LogP contribution in [0.5, 0.6) is 0 Å². The number of hydrogen-bond donors (Lipinski definition) is 2. The summed E-state index contributed by atoms with van der Waals surface area (Å²) in [6, 6.07) is 9.83. The molecular formula is C20H12ClF4N5O. The number of fused-ring (bicyclic) bond motifs is 1. The number of halogens is 5. The number of urea groups is 1. The molecule has 2 aromatic carbocycles. The molecule has 31 heavy (non-hydrogen) atoms. The molecule has 0 aliphatic heterocycles. The van der Waals surface area contributed by atoms with Crippen molar-refractivity contribution in [2.24, 2.45) is 0 Å². The average Bonchev–Trinajstić information content (AvgIpc) is 3.14. The Morgan fingerprint density at radius 1 is 1.06 bits per heavy atom. The van der Waals surface area contributed by atoms with Crippen molar-refractivity contribution in [2.75, 3.05) is 10.6 Å². The number of carbonyl (C=O) groups excluding carboxylic acids is 1. The van der Waals surface area contributed by atoms with Crippen molar-refractivity contribution in [3.63, 3.8) is 0 Å². The second kappa shape index (κ2) is 7.88. The highest BCUT2D eigenvalue weighted by molar-refractivity contribution is 6.31. The van der Waals surface area contributed by atoms with E-state index in [1.807, 2.05) is 0 Å². The number of anilines is 2. The zero-order valence-electron chi connectivity index (χ0n) is 15.4. The summed E-state index contributed by atoms with van der Waals surface area (Å²) in [5.41, 5.74) is -0.400. The molecule has 0 bridgehead atoms. The molecule has 6 nitrogen and oxygen atoms in total. The Labute approximate surface area is 177 Å². The molecule has 0 unspecified atom stereocenters. The first kappa shape index (κ1) is 20.6. The molecular weight excluding hydrogens is 438 g/mol. The van der Waals surface area contributed by atoms with Crippen molar-refractivity contribution >= 4 is 40.0 Å². The first-order chi connectivity index (χ1) is 14.7. The third-order valence-electron chi connectivity index (χ3n) is 4.34. The Morgan fingerprint density at radius 3 is 2.65 bits per heavy atom. The van der Waals surface area contributed by atoms with Crippen LogP contribution in [0, 0.1) is 5.82 Å². The molecule has 0 radical (unpaired) electrons. The van der Waals surface area contributed by atoms with Gasteiger partial charge in [-0.25, -0.2) is 18.9 Å². The number of rotatable bonds is 3. The van der Waals surface area contributed by atoms with Crippen LogP contribution in [0.4, 0.5) is 33.9 Å². The first-order valence-corrected chi connectivity index (χ1v) is 9.14. The molecule has 0 aliphatic carbocycles. The van der Waals surface area contributed by atoms with Crippen molar-refractivity contribution in [3.05, 3.63) is 77.3 Å². The summed E-state index contributed by atoms with van der Waals surface area (Å²) in [7, 11) is 0. The highest BCUT2D eigenvalue weighted by Gasteiger charge is 2.33. The van der Waals surface area contributed by atoms with Gasteiger partial charge in [-0.05, 0) is 42.5 Å². The lowest BCUT2D eigenvalue weighted by Crippen LogP contribution is -2.21. The van der Waals surface area contributed by atoms with Gasteiger partial charge in [0, 0.05) is 11.9 Å². The SMILES string of the molecule is O=C(Nc1ccc(Cl)c(C(F)(F)F)c1)Nc1ncccc1-n1ncc2c(F)cccc21. The number of benzene rings is 2. The standard InChI is InChI=1S/C20H12ClF4N5O/c21-14-7-6-11(9-13(14)20(23,24)25)28-19(31)29-18-17(5-2-8-26-18)30-16-4-1-3-15(22)12(16)10-27-30/h1-10H,(H2,26,28,29,31). The summed E-state index contributed by atoms with van der Waals surface area (Å²) in [5, 5.41) is 8.73. The minimum atomic E-state index is -4.67. The molecule has 2 amide bonds. The number of amides is 2. The van der Waals surface area contributed by atoms with Gasteiger partial charge in [-0.15, -0.1) is 0 Å². The maximum absolute atomic E-state index is 14.0. The maximum atomic E-state index is 14.0. The van der Waals surface area contributed by atoms with Gasteiger partial charge < -0.3 is 5.32 Å². The summed E-state index contributed by atoms with van der Waals surface area (Å²) >= 11 is 5.59. The Kier molecular flexibility index (Phi) is 5.24. The summed E-state index contributed by atoms with van der Waals surface area (Å²) in [6.45, 7) is 0. The maximum Gasteiger partial charge on any atom is 0.417 e. The van der Waals surface area contributed by atoms with Crippen molar-refractivity contribution in [1.82, 2.24) is 14.8 Å². The summed E-state index contributed by atoms with van der Waals surface area (Å²) in [5.74, 6) is -0.387. The molecule has 0 atom stereocenters. The fourth-order valence-corrected chi connectivity index (χ4v) is 3.19. The molecule has 0 spiro atoms. The highest BCUT2D eigenvalue weighted by atomic mass is 35.5. The molecule has 2 heterocycles. The Hall–Kier alpha value is -3.66. The minimum Gasteiger partial charge on any atom is -0.308 e. The highest BCUT2D eigenvalue weighted by Crippen LogP contribution is 2.36. The summed E-state index contributed by atoms with van der Waals surface area (Å²) < 4.78 is 54.4. The quantitative estimate of drug-likeness (QED) is 0.384. The smallest absolute Gasteiger partial charge is 0.308 e. The Morgan fingerprint density at radius 2 is 1.87 bits per heavy atom.